The molecule has 3 nitrogen and oxygen atoms in total. The van der Waals surface area contributed by atoms with Crippen LogP contribution < -0.4 is 0 Å². The Morgan fingerprint density at radius 3 is 2.82 bits per heavy atom. The number of furan rings is 1. The predicted octanol–water partition coefficient (Wildman–Crippen LogP) is 3.69. The lowest BCUT2D eigenvalue weighted by Crippen LogP contribution is -2.17. The summed E-state index contributed by atoms with van der Waals surface area (Å²) in [6, 6.07) is 3.90. The monoisotopic (exact) mass is 314 g/mol. The van der Waals surface area contributed by atoms with E-state index in [4.69, 9.17) is 4.42 Å². The van der Waals surface area contributed by atoms with Crippen molar-refractivity contribution in [1.29, 1.82) is 0 Å². The first kappa shape index (κ1) is 12.8. The van der Waals surface area contributed by atoms with Gasteiger partial charge >= 0.3 is 0 Å². The van der Waals surface area contributed by atoms with E-state index in [1.54, 1.807) is 11.3 Å². The van der Waals surface area contributed by atoms with E-state index in [9.17, 15) is 0 Å². The molecule has 5 heteroatoms. The van der Waals surface area contributed by atoms with E-state index in [0.29, 0.717) is 0 Å². The summed E-state index contributed by atoms with van der Waals surface area (Å²) in [5.41, 5.74) is 1.14. The van der Waals surface area contributed by atoms with Crippen molar-refractivity contribution in [3.63, 3.8) is 0 Å². The van der Waals surface area contributed by atoms with Crippen LogP contribution in [0.25, 0.3) is 0 Å². The maximum Gasteiger partial charge on any atom is 0.169 e. The second-order valence-corrected chi connectivity index (χ2v) is 5.69. The van der Waals surface area contributed by atoms with Crippen molar-refractivity contribution in [3.05, 3.63) is 38.6 Å². The minimum Gasteiger partial charge on any atom is -0.453 e. The van der Waals surface area contributed by atoms with Crippen LogP contribution in [0, 0.1) is 0 Å². The molecule has 2 aromatic rings. The fourth-order valence-corrected chi connectivity index (χ4v) is 2.70. The number of thiazole rings is 1. The van der Waals surface area contributed by atoms with Gasteiger partial charge < -0.3 is 4.42 Å². The molecule has 0 aliphatic rings. The second-order valence-electron chi connectivity index (χ2n) is 3.96. The van der Waals surface area contributed by atoms with Gasteiger partial charge in [-0.1, -0.05) is 6.92 Å². The van der Waals surface area contributed by atoms with Gasteiger partial charge in [0.2, 0.25) is 0 Å². The molecule has 2 aromatic heterocycles. The van der Waals surface area contributed by atoms with Gasteiger partial charge in [-0.05, 0) is 41.5 Å². The molecule has 0 aromatic carbocycles. The third kappa shape index (κ3) is 3.66. The number of aryl methyl sites for hydroxylation is 1. The van der Waals surface area contributed by atoms with Crippen molar-refractivity contribution in [2.75, 3.05) is 7.05 Å². The van der Waals surface area contributed by atoms with Crippen LogP contribution in [0.15, 0.2) is 26.6 Å². The van der Waals surface area contributed by atoms with Crippen LogP contribution in [0.2, 0.25) is 0 Å². The first-order valence-corrected chi connectivity index (χ1v) is 7.20. The number of hydrogen-bond acceptors (Lipinski definition) is 4. The zero-order valence-corrected chi connectivity index (χ0v) is 12.3. The summed E-state index contributed by atoms with van der Waals surface area (Å²) in [6.45, 7) is 3.78. The fraction of sp³-hybridized carbons (Fsp3) is 0.417. The van der Waals surface area contributed by atoms with Crippen molar-refractivity contribution in [2.45, 2.75) is 26.4 Å². The van der Waals surface area contributed by atoms with Gasteiger partial charge in [0.1, 0.15) is 5.76 Å². The molecular formula is C12H15BrN2OS. The van der Waals surface area contributed by atoms with Crippen LogP contribution >= 0.6 is 27.3 Å². The van der Waals surface area contributed by atoms with Crippen LogP contribution in [0.3, 0.4) is 0 Å². The van der Waals surface area contributed by atoms with Gasteiger partial charge in [0.25, 0.3) is 0 Å². The van der Waals surface area contributed by atoms with Crippen LogP contribution in [0.5, 0.6) is 0 Å². The van der Waals surface area contributed by atoms with Gasteiger partial charge in [-0.25, -0.2) is 4.98 Å². The molecule has 92 valence electrons. The van der Waals surface area contributed by atoms with Gasteiger partial charge in [-0.3, -0.25) is 4.90 Å². The molecule has 0 bridgehead atoms. The molecule has 0 aliphatic heterocycles. The smallest absolute Gasteiger partial charge is 0.169 e. The molecule has 0 radical (unpaired) electrons. The largest absolute Gasteiger partial charge is 0.453 e. The Kier molecular flexibility index (Phi) is 4.36. The summed E-state index contributed by atoms with van der Waals surface area (Å²) in [5, 5.41) is 3.34. The highest BCUT2D eigenvalue weighted by molar-refractivity contribution is 9.10. The third-order valence-electron chi connectivity index (χ3n) is 2.39. The lowest BCUT2D eigenvalue weighted by Gasteiger charge is -2.13. The van der Waals surface area contributed by atoms with E-state index in [0.717, 1.165) is 35.6 Å². The first-order valence-electron chi connectivity index (χ1n) is 5.53. The Morgan fingerprint density at radius 2 is 2.24 bits per heavy atom. The summed E-state index contributed by atoms with van der Waals surface area (Å²) in [4.78, 5) is 6.75. The van der Waals surface area contributed by atoms with Crippen molar-refractivity contribution < 1.29 is 4.42 Å². The standard InChI is InChI=1S/C12H15BrN2OS/c1-3-12-14-9(8-17-12)6-15(2)7-10-4-5-11(13)16-10/h4-5,8H,3,6-7H2,1-2H3. The van der Waals surface area contributed by atoms with E-state index < -0.39 is 0 Å². The molecule has 0 spiro atoms. The number of rotatable bonds is 5. The van der Waals surface area contributed by atoms with E-state index in [1.807, 2.05) is 12.1 Å². The topological polar surface area (TPSA) is 29.3 Å². The summed E-state index contributed by atoms with van der Waals surface area (Å²) in [7, 11) is 2.07. The average Bonchev–Trinajstić information content (AvgIpc) is 2.88. The van der Waals surface area contributed by atoms with Crippen molar-refractivity contribution in [3.8, 4) is 0 Å². The lowest BCUT2D eigenvalue weighted by molar-refractivity contribution is 0.283. The molecule has 0 aliphatic carbocycles. The lowest BCUT2D eigenvalue weighted by atomic mass is 10.4. The normalized spacial score (nSPS) is 11.3. The maximum atomic E-state index is 5.48. The number of halogens is 1. The highest BCUT2D eigenvalue weighted by Gasteiger charge is 2.07. The molecule has 2 rings (SSSR count). The molecule has 17 heavy (non-hydrogen) atoms. The fourth-order valence-electron chi connectivity index (χ4n) is 1.62. The Hall–Kier alpha value is -0.650. The molecule has 0 N–H and O–H groups in total. The molecule has 0 fully saturated rings. The maximum absolute atomic E-state index is 5.48. The summed E-state index contributed by atoms with van der Waals surface area (Å²) < 4.78 is 6.26. The zero-order valence-electron chi connectivity index (χ0n) is 9.94. The number of hydrogen-bond donors (Lipinski definition) is 0. The highest BCUT2D eigenvalue weighted by atomic mass is 79.9. The molecule has 0 saturated carbocycles. The van der Waals surface area contributed by atoms with E-state index in [2.05, 4.69) is 45.2 Å². The Morgan fingerprint density at radius 1 is 1.41 bits per heavy atom. The quantitative estimate of drug-likeness (QED) is 0.842. The minimum absolute atomic E-state index is 0.780. The summed E-state index contributed by atoms with van der Waals surface area (Å²) in [6.07, 6.45) is 1.01. The van der Waals surface area contributed by atoms with Crippen molar-refractivity contribution >= 4 is 27.3 Å². The Labute approximate surface area is 114 Å². The van der Waals surface area contributed by atoms with Gasteiger partial charge in [0.05, 0.1) is 17.2 Å². The van der Waals surface area contributed by atoms with E-state index >= 15 is 0 Å². The molecule has 0 saturated heterocycles. The number of aromatic nitrogens is 1. The molecule has 0 amide bonds. The zero-order chi connectivity index (χ0) is 12.3. The van der Waals surface area contributed by atoms with Crippen molar-refractivity contribution in [2.24, 2.45) is 0 Å². The SMILES string of the molecule is CCc1nc(CN(C)Cc2ccc(Br)o2)cs1. The Bertz CT molecular complexity index is 480. The minimum atomic E-state index is 0.780. The molecule has 2 heterocycles. The summed E-state index contributed by atoms with van der Waals surface area (Å²) >= 11 is 5.04. The molecule has 0 unspecified atom stereocenters. The first-order chi connectivity index (χ1) is 8.17. The van der Waals surface area contributed by atoms with Gasteiger partial charge in [0, 0.05) is 11.9 Å². The van der Waals surface area contributed by atoms with Gasteiger partial charge in [-0.2, -0.15) is 0 Å². The highest BCUT2D eigenvalue weighted by Crippen LogP contribution is 2.17. The third-order valence-corrected chi connectivity index (χ3v) is 3.86. The van der Waals surface area contributed by atoms with E-state index in [-0.39, 0.29) is 0 Å². The van der Waals surface area contributed by atoms with Gasteiger partial charge in [-0.15, -0.1) is 11.3 Å². The van der Waals surface area contributed by atoms with Crippen LogP contribution in [0.1, 0.15) is 23.4 Å². The van der Waals surface area contributed by atoms with Gasteiger partial charge in [0.15, 0.2) is 4.67 Å². The van der Waals surface area contributed by atoms with Crippen LogP contribution in [0.4, 0.5) is 0 Å². The second kappa shape index (κ2) is 5.80. The molecular weight excluding hydrogens is 300 g/mol. The Balaban J connectivity index is 1.90. The van der Waals surface area contributed by atoms with Crippen molar-refractivity contribution in [1.82, 2.24) is 9.88 Å². The summed E-state index contributed by atoms with van der Waals surface area (Å²) in [5.74, 6) is 0.963. The van der Waals surface area contributed by atoms with Crippen LogP contribution in [-0.2, 0) is 19.5 Å². The average molecular weight is 315 g/mol. The predicted molar refractivity (Wildman–Crippen MR) is 73.1 cm³/mol. The van der Waals surface area contributed by atoms with E-state index in [1.165, 1.54) is 5.01 Å². The van der Waals surface area contributed by atoms with Crippen LogP contribution in [-0.4, -0.2) is 16.9 Å². The number of nitrogens with zero attached hydrogens (tertiary/aromatic N) is 2. The molecule has 0 atom stereocenters.